The summed E-state index contributed by atoms with van der Waals surface area (Å²) in [5.41, 5.74) is 2.86. The fourth-order valence-corrected chi connectivity index (χ4v) is 4.72. The van der Waals surface area contributed by atoms with Gasteiger partial charge in [0.05, 0.1) is 13.7 Å². The normalized spacial score (nSPS) is 23.9. The van der Waals surface area contributed by atoms with E-state index < -0.39 is 5.41 Å². The number of nitrogens with zero attached hydrogens (tertiary/aromatic N) is 1. The lowest BCUT2D eigenvalue weighted by Gasteiger charge is -2.32. The minimum absolute atomic E-state index is 0.0199. The molecule has 2 aromatic carbocycles. The summed E-state index contributed by atoms with van der Waals surface area (Å²) in [5.74, 6) is 1.29. The predicted molar refractivity (Wildman–Crippen MR) is 110 cm³/mol. The third-order valence-electron chi connectivity index (χ3n) is 6.71. The van der Waals surface area contributed by atoms with Gasteiger partial charge in [0, 0.05) is 35.0 Å². The van der Waals surface area contributed by atoms with Gasteiger partial charge in [0.15, 0.2) is 0 Å². The van der Waals surface area contributed by atoms with Crippen molar-refractivity contribution in [3.63, 3.8) is 0 Å². The molecule has 1 aliphatic heterocycles. The molecule has 2 unspecified atom stereocenters. The van der Waals surface area contributed by atoms with Crippen LogP contribution in [0.1, 0.15) is 48.2 Å². The molecular formula is C24H29NO3. The average Bonchev–Trinajstić information content (AvgIpc) is 3.48. The molecule has 1 N–H and O–H groups in total. The first-order valence-corrected chi connectivity index (χ1v) is 10.1. The Morgan fingerprint density at radius 2 is 2.00 bits per heavy atom. The number of likely N-dealkylation sites (tertiary alicyclic amines) is 1. The van der Waals surface area contributed by atoms with E-state index in [4.69, 9.17) is 4.74 Å². The number of aliphatic hydroxyl groups excluding tert-OH is 1. The van der Waals surface area contributed by atoms with Crippen LogP contribution in [-0.4, -0.2) is 42.7 Å². The summed E-state index contributed by atoms with van der Waals surface area (Å²) in [6.45, 7) is 5.56. The largest absolute Gasteiger partial charge is 0.496 e. The molecule has 2 aromatic rings. The number of piperidine rings is 1. The Morgan fingerprint density at radius 3 is 2.64 bits per heavy atom. The highest BCUT2D eigenvalue weighted by atomic mass is 16.5. The van der Waals surface area contributed by atoms with Crippen LogP contribution in [0.5, 0.6) is 5.75 Å². The summed E-state index contributed by atoms with van der Waals surface area (Å²) in [6.07, 6.45) is 2.20. The molecule has 1 aliphatic carbocycles. The van der Waals surface area contributed by atoms with E-state index in [0.717, 1.165) is 25.1 Å². The highest BCUT2D eigenvalue weighted by Gasteiger charge is 2.57. The molecule has 0 bridgehead atoms. The number of hydrogen-bond donors (Lipinski definition) is 1. The van der Waals surface area contributed by atoms with Crippen LogP contribution in [0.25, 0.3) is 0 Å². The highest BCUT2D eigenvalue weighted by molar-refractivity contribution is 5.95. The third kappa shape index (κ3) is 3.10. The van der Waals surface area contributed by atoms with Crippen molar-refractivity contribution in [1.29, 1.82) is 0 Å². The van der Waals surface area contributed by atoms with Crippen LogP contribution in [0, 0.1) is 5.92 Å². The van der Waals surface area contributed by atoms with E-state index in [2.05, 4.69) is 30.3 Å². The zero-order valence-corrected chi connectivity index (χ0v) is 16.9. The van der Waals surface area contributed by atoms with Gasteiger partial charge in [-0.15, -0.1) is 0 Å². The van der Waals surface area contributed by atoms with Crippen molar-refractivity contribution < 1.29 is 14.6 Å². The first-order chi connectivity index (χ1) is 13.4. The van der Waals surface area contributed by atoms with Crippen molar-refractivity contribution in [3.8, 4) is 5.75 Å². The van der Waals surface area contributed by atoms with Gasteiger partial charge in [-0.05, 0) is 36.5 Å². The number of fused-ring (bicyclic) bond motifs is 1. The van der Waals surface area contributed by atoms with Crippen LogP contribution < -0.4 is 4.74 Å². The van der Waals surface area contributed by atoms with Gasteiger partial charge in [-0.1, -0.05) is 50.2 Å². The van der Waals surface area contributed by atoms with Crippen LogP contribution in [0.3, 0.4) is 0 Å². The molecule has 2 aliphatic rings. The Morgan fingerprint density at radius 1 is 1.25 bits per heavy atom. The quantitative estimate of drug-likeness (QED) is 0.860. The highest BCUT2D eigenvalue weighted by Crippen LogP contribution is 2.59. The zero-order chi connectivity index (χ0) is 19.9. The Labute approximate surface area is 167 Å². The number of carbonyl (C=O) groups excluding carboxylic acids is 1. The zero-order valence-electron chi connectivity index (χ0n) is 16.9. The van der Waals surface area contributed by atoms with E-state index in [1.807, 2.05) is 36.9 Å². The van der Waals surface area contributed by atoms with Gasteiger partial charge in [0.1, 0.15) is 5.75 Å². The standard InChI is InChI=1S/C24H29NO3/c1-23(2,16-26)20-10-9-17(13-21(20)28-3)22(27)25-12-11-24(14-19(24)15-25)18-7-5-4-6-8-18/h4-10,13,19,26H,11-12,14-16H2,1-3H3. The van der Waals surface area contributed by atoms with E-state index in [9.17, 15) is 9.90 Å². The maximum atomic E-state index is 13.1. The molecular weight excluding hydrogens is 350 g/mol. The summed E-state index contributed by atoms with van der Waals surface area (Å²) in [7, 11) is 1.61. The molecule has 1 heterocycles. The molecule has 1 amide bonds. The van der Waals surface area contributed by atoms with Crippen LogP contribution in [0.2, 0.25) is 0 Å². The Kier molecular flexibility index (Phi) is 4.70. The molecule has 1 saturated heterocycles. The van der Waals surface area contributed by atoms with Crippen LogP contribution >= 0.6 is 0 Å². The monoisotopic (exact) mass is 379 g/mol. The first kappa shape index (κ1) is 19.0. The molecule has 4 rings (SSSR count). The second-order valence-electron chi connectivity index (χ2n) is 8.88. The molecule has 0 radical (unpaired) electrons. The van der Waals surface area contributed by atoms with Gasteiger partial charge in [-0.3, -0.25) is 4.79 Å². The summed E-state index contributed by atoms with van der Waals surface area (Å²) in [4.78, 5) is 15.1. The Hall–Kier alpha value is -2.33. The van der Waals surface area contributed by atoms with Crippen molar-refractivity contribution in [2.24, 2.45) is 5.92 Å². The number of amides is 1. The number of aliphatic hydroxyl groups is 1. The van der Waals surface area contributed by atoms with Crippen molar-refractivity contribution >= 4 is 5.91 Å². The Balaban J connectivity index is 1.51. The number of methoxy groups -OCH3 is 1. The van der Waals surface area contributed by atoms with Crippen LogP contribution in [-0.2, 0) is 10.8 Å². The molecule has 4 heteroatoms. The van der Waals surface area contributed by atoms with Crippen molar-refractivity contribution in [2.75, 3.05) is 26.8 Å². The first-order valence-electron chi connectivity index (χ1n) is 10.1. The van der Waals surface area contributed by atoms with Crippen LogP contribution in [0.15, 0.2) is 48.5 Å². The molecule has 4 nitrogen and oxygen atoms in total. The van der Waals surface area contributed by atoms with Gasteiger partial charge < -0.3 is 14.7 Å². The van der Waals surface area contributed by atoms with Gasteiger partial charge in [-0.25, -0.2) is 0 Å². The van der Waals surface area contributed by atoms with E-state index in [-0.39, 0.29) is 17.9 Å². The molecule has 148 valence electrons. The van der Waals surface area contributed by atoms with Gasteiger partial charge in [0.25, 0.3) is 5.91 Å². The topological polar surface area (TPSA) is 49.8 Å². The van der Waals surface area contributed by atoms with Crippen molar-refractivity contribution in [3.05, 3.63) is 65.2 Å². The SMILES string of the molecule is COc1cc(C(=O)N2CCC3(c4ccccc4)CC3C2)ccc1C(C)(C)CO. The molecule has 28 heavy (non-hydrogen) atoms. The number of rotatable bonds is 5. The fraction of sp³-hybridized carbons (Fsp3) is 0.458. The number of carbonyl (C=O) groups is 1. The van der Waals surface area contributed by atoms with Crippen molar-refractivity contribution in [2.45, 2.75) is 37.5 Å². The lowest BCUT2D eigenvalue weighted by Crippen LogP contribution is -2.40. The minimum Gasteiger partial charge on any atom is -0.496 e. The molecule has 2 fully saturated rings. The predicted octanol–water partition coefficient (Wildman–Crippen LogP) is 3.77. The maximum absolute atomic E-state index is 13.1. The van der Waals surface area contributed by atoms with Gasteiger partial charge >= 0.3 is 0 Å². The molecule has 0 spiro atoms. The minimum atomic E-state index is -0.415. The second-order valence-corrected chi connectivity index (χ2v) is 8.88. The van der Waals surface area contributed by atoms with E-state index in [0.29, 0.717) is 17.2 Å². The molecule has 2 atom stereocenters. The number of hydrogen-bond acceptors (Lipinski definition) is 3. The van der Waals surface area contributed by atoms with E-state index in [1.165, 1.54) is 12.0 Å². The summed E-state index contributed by atoms with van der Waals surface area (Å²) < 4.78 is 5.53. The van der Waals surface area contributed by atoms with Crippen molar-refractivity contribution in [1.82, 2.24) is 4.90 Å². The molecule has 0 aromatic heterocycles. The number of ether oxygens (including phenoxy) is 1. The fourth-order valence-electron chi connectivity index (χ4n) is 4.72. The van der Waals surface area contributed by atoms with Gasteiger partial charge in [-0.2, -0.15) is 0 Å². The molecule has 1 saturated carbocycles. The van der Waals surface area contributed by atoms with Crippen LogP contribution in [0.4, 0.5) is 0 Å². The average molecular weight is 380 g/mol. The smallest absolute Gasteiger partial charge is 0.253 e. The van der Waals surface area contributed by atoms with E-state index in [1.54, 1.807) is 7.11 Å². The summed E-state index contributed by atoms with van der Waals surface area (Å²) in [6, 6.07) is 16.3. The lowest BCUT2D eigenvalue weighted by molar-refractivity contribution is 0.0707. The lowest BCUT2D eigenvalue weighted by atomic mass is 9.84. The Bertz CT molecular complexity index is 877. The number of benzene rings is 2. The second kappa shape index (κ2) is 6.93. The van der Waals surface area contributed by atoms with E-state index >= 15 is 0 Å². The third-order valence-corrected chi connectivity index (χ3v) is 6.71. The summed E-state index contributed by atoms with van der Waals surface area (Å²) >= 11 is 0. The maximum Gasteiger partial charge on any atom is 0.253 e. The van der Waals surface area contributed by atoms with Gasteiger partial charge in [0.2, 0.25) is 0 Å². The summed E-state index contributed by atoms with van der Waals surface area (Å²) in [5, 5.41) is 9.67.